The van der Waals surface area contributed by atoms with Gasteiger partial charge in [-0.25, -0.2) is 0 Å². The van der Waals surface area contributed by atoms with Gasteiger partial charge in [-0.2, -0.15) is 0 Å². The van der Waals surface area contributed by atoms with Crippen LogP contribution in [0.1, 0.15) is 16.1 Å². The van der Waals surface area contributed by atoms with E-state index in [2.05, 4.69) is 22.0 Å². The Morgan fingerprint density at radius 1 is 1.22 bits per heavy atom. The van der Waals surface area contributed by atoms with Gasteiger partial charge in [0, 0.05) is 30.7 Å². The lowest BCUT2D eigenvalue weighted by molar-refractivity contribution is 0.112. The van der Waals surface area contributed by atoms with Crippen molar-refractivity contribution in [1.82, 2.24) is 14.5 Å². The Balaban J connectivity index is 2.15. The first-order valence-corrected chi connectivity index (χ1v) is 7.41. The standard InChI is InChI=1S/C18H19N3O2/c1-20(2)9-12-4-6-13(7-5-12)16-10-21(3)18(23)17-15(16)8-14(11-22)19-17/h4-8,10-11,19H,9H2,1-3H3. The predicted molar refractivity (Wildman–Crippen MR) is 91.8 cm³/mol. The molecule has 0 unspecified atom stereocenters. The summed E-state index contributed by atoms with van der Waals surface area (Å²) in [6.45, 7) is 0.877. The highest BCUT2D eigenvalue weighted by molar-refractivity contribution is 5.97. The Kier molecular flexibility index (Phi) is 3.88. The Morgan fingerprint density at radius 2 is 1.91 bits per heavy atom. The third-order valence-electron chi connectivity index (χ3n) is 3.88. The number of aldehydes is 1. The van der Waals surface area contributed by atoms with Crippen LogP contribution in [-0.2, 0) is 13.6 Å². The number of hydrogen-bond donors (Lipinski definition) is 1. The van der Waals surface area contributed by atoms with Gasteiger partial charge in [-0.05, 0) is 31.3 Å². The molecule has 2 aromatic heterocycles. The van der Waals surface area contributed by atoms with Crippen LogP contribution in [0.3, 0.4) is 0 Å². The normalized spacial score (nSPS) is 11.3. The third kappa shape index (κ3) is 2.83. The van der Waals surface area contributed by atoms with E-state index in [1.165, 1.54) is 10.1 Å². The number of aryl methyl sites for hydroxylation is 1. The average Bonchev–Trinajstić information content (AvgIpc) is 2.96. The molecule has 0 bridgehead atoms. The van der Waals surface area contributed by atoms with Crippen LogP contribution < -0.4 is 5.56 Å². The van der Waals surface area contributed by atoms with Crippen LogP contribution >= 0.6 is 0 Å². The lowest BCUT2D eigenvalue weighted by Crippen LogP contribution is -2.16. The lowest BCUT2D eigenvalue weighted by Gasteiger charge is -2.11. The minimum Gasteiger partial charge on any atom is -0.348 e. The molecule has 118 valence electrons. The van der Waals surface area contributed by atoms with Gasteiger partial charge in [-0.3, -0.25) is 9.59 Å². The molecule has 23 heavy (non-hydrogen) atoms. The molecule has 0 aliphatic heterocycles. The minimum atomic E-state index is -0.138. The van der Waals surface area contributed by atoms with Crippen LogP contribution in [0.4, 0.5) is 0 Å². The van der Waals surface area contributed by atoms with Gasteiger partial charge in [0.1, 0.15) is 5.52 Å². The minimum absolute atomic E-state index is 0.138. The second kappa shape index (κ2) is 5.85. The molecular formula is C18H19N3O2. The van der Waals surface area contributed by atoms with Crippen molar-refractivity contribution >= 4 is 17.2 Å². The first-order valence-electron chi connectivity index (χ1n) is 7.41. The number of benzene rings is 1. The van der Waals surface area contributed by atoms with Crippen molar-refractivity contribution in [3.05, 3.63) is 58.1 Å². The number of aromatic nitrogens is 2. The van der Waals surface area contributed by atoms with Gasteiger partial charge in [0.2, 0.25) is 0 Å². The van der Waals surface area contributed by atoms with Gasteiger partial charge < -0.3 is 14.5 Å². The number of H-pyrrole nitrogens is 1. The molecule has 0 fully saturated rings. The van der Waals surface area contributed by atoms with Crippen molar-refractivity contribution in [1.29, 1.82) is 0 Å². The van der Waals surface area contributed by atoms with Crippen molar-refractivity contribution in [3.63, 3.8) is 0 Å². The predicted octanol–water partition coefficient (Wildman–Crippen LogP) is 2.41. The van der Waals surface area contributed by atoms with Crippen molar-refractivity contribution in [3.8, 4) is 11.1 Å². The van der Waals surface area contributed by atoms with E-state index in [1.54, 1.807) is 13.1 Å². The fourth-order valence-electron chi connectivity index (χ4n) is 2.80. The molecule has 2 heterocycles. The van der Waals surface area contributed by atoms with Gasteiger partial charge in [0.05, 0.1) is 5.69 Å². The third-order valence-corrected chi connectivity index (χ3v) is 3.88. The summed E-state index contributed by atoms with van der Waals surface area (Å²) >= 11 is 0. The maximum atomic E-state index is 12.2. The number of pyridine rings is 1. The van der Waals surface area contributed by atoms with E-state index in [9.17, 15) is 9.59 Å². The van der Waals surface area contributed by atoms with E-state index in [0.29, 0.717) is 11.2 Å². The van der Waals surface area contributed by atoms with Crippen molar-refractivity contribution < 1.29 is 4.79 Å². The molecule has 0 spiro atoms. The number of fused-ring (bicyclic) bond motifs is 1. The van der Waals surface area contributed by atoms with Crippen molar-refractivity contribution in [2.45, 2.75) is 6.54 Å². The van der Waals surface area contributed by atoms with Crippen LogP contribution in [-0.4, -0.2) is 34.8 Å². The molecule has 0 saturated heterocycles. The molecule has 5 nitrogen and oxygen atoms in total. The van der Waals surface area contributed by atoms with Gasteiger partial charge in [0.15, 0.2) is 6.29 Å². The van der Waals surface area contributed by atoms with Gasteiger partial charge in [-0.15, -0.1) is 0 Å². The maximum absolute atomic E-state index is 12.2. The number of carbonyl (C=O) groups excluding carboxylic acids is 1. The smallest absolute Gasteiger partial charge is 0.274 e. The number of nitrogens with zero attached hydrogens (tertiary/aromatic N) is 2. The molecule has 1 N–H and O–H groups in total. The molecule has 0 aliphatic rings. The fraction of sp³-hybridized carbons (Fsp3) is 0.222. The van der Waals surface area contributed by atoms with Crippen molar-refractivity contribution in [2.24, 2.45) is 7.05 Å². The summed E-state index contributed by atoms with van der Waals surface area (Å²) in [7, 11) is 5.78. The largest absolute Gasteiger partial charge is 0.348 e. The average molecular weight is 309 g/mol. The number of aromatic amines is 1. The van der Waals surface area contributed by atoms with E-state index < -0.39 is 0 Å². The fourth-order valence-corrected chi connectivity index (χ4v) is 2.80. The van der Waals surface area contributed by atoms with E-state index in [1.807, 2.05) is 32.4 Å². The molecule has 0 atom stereocenters. The van der Waals surface area contributed by atoms with E-state index >= 15 is 0 Å². The zero-order chi connectivity index (χ0) is 16.6. The summed E-state index contributed by atoms with van der Waals surface area (Å²) in [5.41, 5.74) is 3.91. The van der Waals surface area contributed by atoms with Crippen molar-refractivity contribution in [2.75, 3.05) is 14.1 Å². The molecule has 3 aromatic rings. The van der Waals surface area contributed by atoms with E-state index in [4.69, 9.17) is 0 Å². The summed E-state index contributed by atoms with van der Waals surface area (Å²) in [6, 6.07) is 9.99. The topological polar surface area (TPSA) is 58.1 Å². The van der Waals surface area contributed by atoms with Crippen LogP contribution in [0.15, 0.2) is 41.3 Å². The van der Waals surface area contributed by atoms with E-state index in [0.717, 1.165) is 29.3 Å². The number of nitrogens with one attached hydrogen (secondary N) is 1. The Morgan fingerprint density at radius 3 is 2.52 bits per heavy atom. The first-order chi connectivity index (χ1) is 11.0. The van der Waals surface area contributed by atoms with Gasteiger partial charge >= 0.3 is 0 Å². The van der Waals surface area contributed by atoms with Crippen LogP contribution in [0.2, 0.25) is 0 Å². The SMILES string of the molecule is CN(C)Cc1ccc(-c2cn(C)c(=O)c3[nH]c(C=O)cc23)cc1. The van der Waals surface area contributed by atoms with E-state index in [-0.39, 0.29) is 5.56 Å². The molecule has 5 heteroatoms. The van der Waals surface area contributed by atoms with Crippen LogP contribution in [0.5, 0.6) is 0 Å². The number of hydrogen-bond acceptors (Lipinski definition) is 3. The highest BCUT2D eigenvalue weighted by atomic mass is 16.1. The summed E-state index contributed by atoms with van der Waals surface area (Å²) in [5.74, 6) is 0. The maximum Gasteiger partial charge on any atom is 0.274 e. The number of carbonyl (C=O) groups is 1. The molecule has 1 aromatic carbocycles. The molecule has 0 aliphatic carbocycles. The highest BCUT2D eigenvalue weighted by Crippen LogP contribution is 2.27. The summed E-state index contributed by atoms with van der Waals surface area (Å²) < 4.78 is 1.54. The van der Waals surface area contributed by atoms with Crippen LogP contribution in [0, 0.1) is 0 Å². The zero-order valence-electron chi connectivity index (χ0n) is 13.5. The molecule has 0 saturated carbocycles. The molecular weight excluding hydrogens is 290 g/mol. The Hall–Kier alpha value is -2.66. The second-order valence-electron chi connectivity index (χ2n) is 6.02. The lowest BCUT2D eigenvalue weighted by atomic mass is 10.0. The first kappa shape index (κ1) is 15.2. The zero-order valence-corrected chi connectivity index (χ0v) is 13.5. The molecule has 3 rings (SSSR count). The summed E-state index contributed by atoms with van der Waals surface area (Å²) in [5, 5.41) is 0.774. The monoisotopic (exact) mass is 309 g/mol. The Labute approximate surface area is 134 Å². The molecule has 0 amide bonds. The summed E-state index contributed by atoms with van der Waals surface area (Å²) in [6.07, 6.45) is 2.54. The highest BCUT2D eigenvalue weighted by Gasteiger charge is 2.12. The van der Waals surface area contributed by atoms with Gasteiger partial charge in [0.25, 0.3) is 5.56 Å². The van der Waals surface area contributed by atoms with Gasteiger partial charge in [-0.1, -0.05) is 24.3 Å². The van der Waals surface area contributed by atoms with Crippen LogP contribution in [0.25, 0.3) is 22.0 Å². The number of rotatable bonds is 4. The quantitative estimate of drug-likeness (QED) is 0.753. The second-order valence-corrected chi connectivity index (χ2v) is 6.02. The summed E-state index contributed by atoms with van der Waals surface area (Å²) in [4.78, 5) is 28.3. The Bertz CT molecular complexity index is 918. The molecule has 0 radical (unpaired) electrons.